The summed E-state index contributed by atoms with van der Waals surface area (Å²) in [7, 11) is -0.114. The average molecular weight is 409 g/mol. The van der Waals surface area contributed by atoms with E-state index in [1.54, 1.807) is 0 Å². The lowest BCUT2D eigenvalue weighted by molar-refractivity contribution is -0.893. The van der Waals surface area contributed by atoms with Gasteiger partial charge in [0.05, 0.1) is 20.6 Å². The van der Waals surface area contributed by atoms with Gasteiger partial charge in [0.1, 0.15) is 18.4 Å². The summed E-state index contributed by atoms with van der Waals surface area (Å²) in [6.45, 7) is 3.52. The van der Waals surface area contributed by atoms with E-state index < -0.39 is 22.0 Å². The van der Waals surface area contributed by atoms with Crippen molar-refractivity contribution in [2.75, 3.05) is 32.9 Å². The molecule has 6 heteroatoms. The molecule has 0 amide bonds. The summed E-state index contributed by atoms with van der Waals surface area (Å²) in [6.07, 6.45) is 17.6. The summed E-state index contributed by atoms with van der Waals surface area (Å²) in [4.78, 5) is 0. The van der Waals surface area contributed by atoms with Crippen molar-refractivity contribution in [3.63, 3.8) is 0 Å². The zero-order valence-electron chi connectivity index (χ0n) is 18.2. The zero-order chi connectivity index (χ0) is 20.6. The largest absolute Gasteiger partial charge is 0.386 e. The van der Waals surface area contributed by atoms with Gasteiger partial charge in [-0.3, -0.25) is 4.55 Å². The van der Waals surface area contributed by atoms with Gasteiger partial charge >= 0.3 is 0 Å². The number of nitrogens with zero attached hydrogens (tertiary/aromatic N) is 1. The molecule has 5 nitrogen and oxygen atoms in total. The minimum atomic E-state index is -4.11. The van der Waals surface area contributed by atoms with Gasteiger partial charge in [0.15, 0.2) is 0 Å². The first kappa shape index (κ1) is 26.8. The third-order valence-electron chi connectivity index (χ3n) is 5.22. The average Bonchev–Trinajstić information content (AvgIpc) is 2.52. The second-order valence-electron chi connectivity index (χ2n) is 8.84. The highest BCUT2D eigenvalue weighted by Gasteiger charge is 2.23. The Kier molecular flexibility index (Phi) is 15.6. The lowest BCUT2D eigenvalue weighted by Crippen LogP contribution is -2.47. The molecule has 1 unspecified atom stereocenters. The van der Waals surface area contributed by atoms with Crippen LogP contribution >= 0.6 is 0 Å². The predicted molar refractivity (Wildman–Crippen MR) is 115 cm³/mol. The van der Waals surface area contributed by atoms with Crippen molar-refractivity contribution in [1.82, 2.24) is 0 Å². The molecule has 1 atom stereocenters. The fourth-order valence-corrected chi connectivity index (χ4v) is 4.28. The van der Waals surface area contributed by atoms with Crippen LogP contribution in [-0.2, 0) is 10.1 Å². The van der Waals surface area contributed by atoms with Crippen LogP contribution < -0.4 is 0 Å². The van der Waals surface area contributed by atoms with E-state index in [1.165, 1.54) is 83.5 Å². The number of hydrogen-bond acceptors (Lipinski definition) is 3. The van der Waals surface area contributed by atoms with Gasteiger partial charge < -0.3 is 9.59 Å². The van der Waals surface area contributed by atoms with E-state index in [0.717, 1.165) is 13.0 Å². The number of likely N-dealkylation sites (N-methyl/N-ethyl adjacent to an activating group) is 1. The van der Waals surface area contributed by atoms with Crippen LogP contribution in [0.2, 0.25) is 0 Å². The minimum Gasteiger partial charge on any atom is -0.386 e. The second-order valence-corrected chi connectivity index (χ2v) is 10.3. The Morgan fingerprint density at radius 3 is 1.48 bits per heavy atom. The Balaban J connectivity index is 3.47. The quantitative estimate of drug-likeness (QED) is 0.183. The third-order valence-corrected chi connectivity index (χ3v) is 6.03. The van der Waals surface area contributed by atoms with E-state index in [-0.39, 0.29) is 0 Å². The summed E-state index contributed by atoms with van der Waals surface area (Å²) in [5, 5.41) is 9.78. The predicted octanol–water partition coefficient (Wildman–Crippen LogP) is 4.79. The van der Waals surface area contributed by atoms with E-state index in [0.29, 0.717) is 11.0 Å². The number of rotatable bonds is 19. The van der Waals surface area contributed by atoms with Crippen molar-refractivity contribution < 1.29 is 22.6 Å². The lowest BCUT2D eigenvalue weighted by atomic mass is 10.0. The Morgan fingerprint density at radius 2 is 1.11 bits per heavy atom. The molecule has 0 saturated heterocycles. The van der Waals surface area contributed by atoms with Gasteiger partial charge in [-0.15, -0.1) is 0 Å². The molecule has 0 aromatic carbocycles. The fourth-order valence-electron chi connectivity index (χ4n) is 3.69. The van der Waals surface area contributed by atoms with Crippen LogP contribution in [-0.4, -0.2) is 61.6 Å². The highest BCUT2D eigenvalue weighted by atomic mass is 32.2. The molecule has 0 heterocycles. The number of aliphatic hydroxyl groups is 1. The van der Waals surface area contributed by atoms with Gasteiger partial charge in [-0.1, -0.05) is 84.0 Å². The monoisotopic (exact) mass is 408 g/mol. The minimum absolute atomic E-state index is 0.345. The third kappa shape index (κ3) is 20.4. The Hall–Kier alpha value is -0.170. The Morgan fingerprint density at radius 1 is 0.741 bits per heavy atom. The van der Waals surface area contributed by atoms with E-state index in [2.05, 4.69) is 6.92 Å². The molecule has 0 bridgehead atoms. The molecule has 164 valence electrons. The maximum absolute atomic E-state index is 10.8. The standard InChI is InChI=1S/C21H45NO4S/c1-4-5-6-7-8-9-10-11-12-13-14-15-16-17-18-22(2,3)19-21(23)20-27(24,25)26/h21,23H,4-20H2,1-3H3/p+1. The highest BCUT2D eigenvalue weighted by molar-refractivity contribution is 7.85. The van der Waals surface area contributed by atoms with Crippen molar-refractivity contribution in [2.45, 2.75) is 103 Å². The van der Waals surface area contributed by atoms with Crippen LogP contribution in [0.1, 0.15) is 96.8 Å². The first-order valence-corrected chi connectivity index (χ1v) is 12.7. The normalized spacial score (nSPS) is 13.8. The second kappa shape index (κ2) is 15.7. The van der Waals surface area contributed by atoms with Crippen LogP contribution in [0.15, 0.2) is 0 Å². The Bertz CT molecular complexity index is 437. The van der Waals surface area contributed by atoms with Gasteiger partial charge in [0.25, 0.3) is 10.1 Å². The maximum atomic E-state index is 10.8. The zero-order valence-corrected chi connectivity index (χ0v) is 19.0. The van der Waals surface area contributed by atoms with Crippen LogP contribution in [0.5, 0.6) is 0 Å². The molecule has 0 aromatic rings. The summed E-state index contributed by atoms with van der Waals surface area (Å²) >= 11 is 0. The van der Waals surface area contributed by atoms with Crippen molar-refractivity contribution in [1.29, 1.82) is 0 Å². The van der Waals surface area contributed by atoms with E-state index in [9.17, 15) is 13.5 Å². The molecule has 0 aliphatic carbocycles. The molecule has 0 rings (SSSR count). The van der Waals surface area contributed by atoms with Crippen LogP contribution in [0.3, 0.4) is 0 Å². The van der Waals surface area contributed by atoms with E-state index in [1.807, 2.05) is 14.1 Å². The Labute approximate surface area is 168 Å². The highest BCUT2D eigenvalue weighted by Crippen LogP contribution is 2.13. The molecular formula is C21H46NO4S+. The van der Waals surface area contributed by atoms with E-state index >= 15 is 0 Å². The van der Waals surface area contributed by atoms with Crippen LogP contribution in [0, 0.1) is 0 Å². The molecule has 27 heavy (non-hydrogen) atoms. The fraction of sp³-hybridized carbons (Fsp3) is 1.00. The summed E-state index contributed by atoms with van der Waals surface area (Å²) in [5.41, 5.74) is 0. The molecule has 0 spiro atoms. The number of aliphatic hydroxyl groups excluding tert-OH is 1. The summed E-state index contributed by atoms with van der Waals surface area (Å²) in [5.74, 6) is -0.576. The van der Waals surface area contributed by atoms with E-state index in [4.69, 9.17) is 4.55 Å². The van der Waals surface area contributed by atoms with Crippen molar-refractivity contribution in [2.24, 2.45) is 0 Å². The molecule has 0 radical (unpaired) electrons. The summed E-state index contributed by atoms with van der Waals surface area (Å²) in [6, 6.07) is 0. The number of quaternary nitrogens is 1. The van der Waals surface area contributed by atoms with Crippen molar-refractivity contribution in [3.05, 3.63) is 0 Å². The van der Waals surface area contributed by atoms with Crippen LogP contribution in [0.25, 0.3) is 0 Å². The number of unbranched alkanes of at least 4 members (excludes halogenated alkanes) is 13. The van der Waals surface area contributed by atoms with Gasteiger partial charge in [-0.2, -0.15) is 8.42 Å². The number of hydrogen-bond donors (Lipinski definition) is 2. The molecule has 2 N–H and O–H groups in total. The first-order valence-electron chi connectivity index (χ1n) is 11.1. The lowest BCUT2D eigenvalue weighted by Gasteiger charge is -2.31. The summed E-state index contributed by atoms with van der Waals surface area (Å²) < 4.78 is 31.0. The molecular weight excluding hydrogens is 362 g/mol. The molecule has 0 aliphatic rings. The van der Waals surface area contributed by atoms with Gasteiger partial charge in [-0.25, -0.2) is 0 Å². The molecule has 0 fully saturated rings. The molecule has 0 aliphatic heterocycles. The van der Waals surface area contributed by atoms with Gasteiger partial charge in [-0.05, 0) is 12.8 Å². The SMILES string of the molecule is CCCCCCCCCCCCCCCC[N+](C)(C)CC(O)CS(=O)(=O)O. The maximum Gasteiger partial charge on any atom is 0.267 e. The van der Waals surface area contributed by atoms with Crippen molar-refractivity contribution >= 4 is 10.1 Å². The molecule has 0 aromatic heterocycles. The van der Waals surface area contributed by atoms with Crippen molar-refractivity contribution in [3.8, 4) is 0 Å². The first-order chi connectivity index (χ1) is 12.7. The molecule has 0 saturated carbocycles. The smallest absolute Gasteiger partial charge is 0.267 e. The van der Waals surface area contributed by atoms with Gasteiger partial charge in [0, 0.05) is 0 Å². The van der Waals surface area contributed by atoms with Crippen LogP contribution in [0.4, 0.5) is 0 Å². The van der Waals surface area contributed by atoms with Gasteiger partial charge in [0.2, 0.25) is 0 Å². The topological polar surface area (TPSA) is 74.6 Å².